The summed E-state index contributed by atoms with van der Waals surface area (Å²) in [6, 6.07) is 16.1. The van der Waals surface area contributed by atoms with E-state index in [0.29, 0.717) is 12.0 Å². The first kappa shape index (κ1) is 26.6. The van der Waals surface area contributed by atoms with Crippen molar-refractivity contribution in [3.05, 3.63) is 65.2 Å². The third kappa shape index (κ3) is 10.2. The summed E-state index contributed by atoms with van der Waals surface area (Å²) in [6.07, 6.45) is 11.1. The Hall–Kier alpha value is -2.62. The first-order valence-corrected chi connectivity index (χ1v) is 12.6. The van der Waals surface area contributed by atoms with Gasteiger partial charge in [0.25, 0.3) is 0 Å². The second kappa shape index (κ2) is 15.3. The Bertz CT molecular complexity index is 824. The highest BCUT2D eigenvalue weighted by Crippen LogP contribution is 2.28. The van der Waals surface area contributed by atoms with Gasteiger partial charge in [0, 0.05) is 18.4 Å². The molecule has 4 heteroatoms. The standard InChI is InChI=1S/C29H40O4/c1-3-5-7-9-13-28(33-26-21-15-23(16-22-26)11-8-6-4-2)25-19-17-24(18-20-25)27(30)12-10-14-29(31)32/h15-22,28H,3-14H2,1-2H3,(H,31,32). The zero-order valence-corrected chi connectivity index (χ0v) is 20.4. The van der Waals surface area contributed by atoms with E-state index in [-0.39, 0.29) is 24.7 Å². The molecule has 0 spiro atoms. The van der Waals surface area contributed by atoms with Crippen molar-refractivity contribution in [2.75, 3.05) is 0 Å². The predicted molar refractivity (Wildman–Crippen MR) is 134 cm³/mol. The number of ketones is 1. The van der Waals surface area contributed by atoms with Crippen molar-refractivity contribution in [1.82, 2.24) is 0 Å². The second-order valence-electron chi connectivity index (χ2n) is 8.85. The third-order valence-electron chi connectivity index (χ3n) is 5.99. The van der Waals surface area contributed by atoms with Crippen LogP contribution in [0, 0.1) is 0 Å². The molecular weight excluding hydrogens is 412 g/mol. The molecule has 0 aliphatic carbocycles. The highest BCUT2D eigenvalue weighted by molar-refractivity contribution is 5.96. The summed E-state index contributed by atoms with van der Waals surface area (Å²) in [7, 11) is 0. The van der Waals surface area contributed by atoms with Gasteiger partial charge >= 0.3 is 5.97 Å². The van der Waals surface area contributed by atoms with Crippen molar-refractivity contribution < 1.29 is 19.4 Å². The maximum Gasteiger partial charge on any atom is 0.303 e. The molecule has 2 aromatic rings. The lowest BCUT2D eigenvalue weighted by molar-refractivity contribution is -0.137. The molecule has 0 aliphatic heterocycles. The van der Waals surface area contributed by atoms with E-state index >= 15 is 0 Å². The van der Waals surface area contributed by atoms with Crippen LogP contribution in [-0.2, 0) is 11.2 Å². The van der Waals surface area contributed by atoms with Gasteiger partial charge < -0.3 is 9.84 Å². The first-order valence-electron chi connectivity index (χ1n) is 12.6. The maximum atomic E-state index is 12.3. The van der Waals surface area contributed by atoms with Gasteiger partial charge in [-0.05, 0) is 55.4 Å². The van der Waals surface area contributed by atoms with Crippen LogP contribution in [0.5, 0.6) is 5.75 Å². The van der Waals surface area contributed by atoms with Crippen LogP contribution >= 0.6 is 0 Å². The molecule has 0 amide bonds. The number of carboxylic acid groups (broad SMARTS) is 1. The van der Waals surface area contributed by atoms with Gasteiger partial charge in [-0.2, -0.15) is 0 Å². The van der Waals surface area contributed by atoms with Crippen molar-refractivity contribution in [2.24, 2.45) is 0 Å². The number of rotatable bonds is 17. The van der Waals surface area contributed by atoms with E-state index in [1.807, 2.05) is 24.3 Å². The van der Waals surface area contributed by atoms with Gasteiger partial charge in [0.05, 0.1) is 0 Å². The fraction of sp³-hybridized carbons (Fsp3) is 0.517. The van der Waals surface area contributed by atoms with Crippen molar-refractivity contribution in [1.29, 1.82) is 0 Å². The molecule has 4 nitrogen and oxygen atoms in total. The average molecular weight is 453 g/mol. The highest BCUT2D eigenvalue weighted by atomic mass is 16.5. The molecule has 1 unspecified atom stereocenters. The molecule has 0 bridgehead atoms. The minimum absolute atomic E-state index is 0.0122. The molecule has 2 rings (SSSR count). The Morgan fingerprint density at radius 1 is 0.788 bits per heavy atom. The van der Waals surface area contributed by atoms with Crippen LogP contribution in [0.2, 0.25) is 0 Å². The summed E-state index contributed by atoms with van der Waals surface area (Å²) in [4.78, 5) is 23.0. The van der Waals surface area contributed by atoms with E-state index in [0.717, 1.165) is 30.6 Å². The second-order valence-corrected chi connectivity index (χ2v) is 8.85. The van der Waals surface area contributed by atoms with Crippen LogP contribution in [0.1, 0.15) is 112 Å². The minimum Gasteiger partial charge on any atom is -0.486 e. The largest absolute Gasteiger partial charge is 0.486 e. The van der Waals surface area contributed by atoms with Crippen LogP contribution < -0.4 is 4.74 Å². The normalized spacial score (nSPS) is 11.8. The third-order valence-corrected chi connectivity index (χ3v) is 5.99. The Morgan fingerprint density at radius 2 is 1.45 bits per heavy atom. The summed E-state index contributed by atoms with van der Waals surface area (Å²) in [5.74, 6) is 0.000589. The zero-order valence-electron chi connectivity index (χ0n) is 20.4. The Balaban J connectivity index is 2.03. The van der Waals surface area contributed by atoms with Crippen LogP contribution in [0.15, 0.2) is 48.5 Å². The van der Waals surface area contributed by atoms with Crippen LogP contribution in [0.3, 0.4) is 0 Å². The number of benzene rings is 2. The molecule has 2 aromatic carbocycles. The molecule has 1 N–H and O–H groups in total. The average Bonchev–Trinajstić information content (AvgIpc) is 2.82. The molecule has 0 saturated heterocycles. The number of carbonyl (C=O) groups is 2. The molecule has 1 atom stereocenters. The molecule has 0 aliphatic rings. The van der Waals surface area contributed by atoms with E-state index in [9.17, 15) is 9.59 Å². The minimum atomic E-state index is -0.866. The van der Waals surface area contributed by atoms with Crippen molar-refractivity contribution >= 4 is 11.8 Å². The number of aliphatic carboxylic acids is 1. The van der Waals surface area contributed by atoms with Crippen molar-refractivity contribution in [2.45, 2.75) is 97.0 Å². The van der Waals surface area contributed by atoms with E-state index in [2.05, 4.69) is 38.1 Å². The smallest absolute Gasteiger partial charge is 0.303 e. The summed E-state index contributed by atoms with van der Waals surface area (Å²) < 4.78 is 6.40. The van der Waals surface area contributed by atoms with Gasteiger partial charge in [0.2, 0.25) is 0 Å². The quantitative estimate of drug-likeness (QED) is 0.195. The number of ether oxygens (including phenoxy) is 1. The molecule has 0 fully saturated rings. The van der Waals surface area contributed by atoms with E-state index < -0.39 is 5.97 Å². The Labute approximate surface area is 199 Å². The predicted octanol–water partition coefficient (Wildman–Crippen LogP) is 7.95. The van der Waals surface area contributed by atoms with Gasteiger partial charge in [-0.15, -0.1) is 0 Å². The van der Waals surface area contributed by atoms with E-state index in [1.165, 1.54) is 44.1 Å². The number of carbonyl (C=O) groups excluding carboxylic acids is 1. The fourth-order valence-electron chi connectivity index (χ4n) is 3.96. The fourth-order valence-corrected chi connectivity index (χ4v) is 3.96. The molecule has 0 radical (unpaired) electrons. The van der Waals surface area contributed by atoms with Gasteiger partial charge in [-0.1, -0.05) is 82.3 Å². The molecule has 0 aromatic heterocycles. The maximum absolute atomic E-state index is 12.3. The van der Waals surface area contributed by atoms with Gasteiger partial charge in [0.15, 0.2) is 5.78 Å². The molecule has 0 heterocycles. The van der Waals surface area contributed by atoms with Crippen LogP contribution in [0.25, 0.3) is 0 Å². The number of hydrogen-bond acceptors (Lipinski definition) is 3. The van der Waals surface area contributed by atoms with Gasteiger partial charge in [-0.3, -0.25) is 9.59 Å². The SMILES string of the molecule is CCCCCCC(Oc1ccc(CCCCC)cc1)c1ccc(C(=O)CCCC(=O)O)cc1. The van der Waals surface area contributed by atoms with Crippen LogP contribution in [-0.4, -0.2) is 16.9 Å². The van der Waals surface area contributed by atoms with E-state index in [4.69, 9.17) is 9.84 Å². The zero-order chi connectivity index (χ0) is 23.9. The summed E-state index contributed by atoms with van der Waals surface area (Å²) in [5.41, 5.74) is 3.05. The van der Waals surface area contributed by atoms with Crippen molar-refractivity contribution in [3.63, 3.8) is 0 Å². The lowest BCUT2D eigenvalue weighted by Gasteiger charge is -2.20. The molecule has 0 saturated carbocycles. The topological polar surface area (TPSA) is 63.6 Å². The lowest BCUT2D eigenvalue weighted by Crippen LogP contribution is -2.09. The summed E-state index contributed by atoms with van der Waals surface area (Å²) in [5, 5.41) is 8.76. The number of aryl methyl sites for hydroxylation is 1. The van der Waals surface area contributed by atoms with Crippen LogP contribution in [0.4, 0.5) is 0 Å². The molecule has 33 heavy (non-hydrogen) atoms. The number of carboxylic acids is 1. The molecular formula is C29H40O4. The number of unbranched alkanes of at least 4 members (excludes halogenated alkanes) is 5. The Kier molecular flexibility index (Phi) is 12.3. The number of hydrogen-bond donors (Lipinski definition) is 1. The van der Waals surface area contributed by atoms with E-state index in [1.54, 1.807) is 0 Å². The summed E-state index contributed by atoms with van der Waals surface area (Å²) >= 11 is 0. The summed E-state index contributed by atoms with van der Waals surface area (Å²) in [6.45, 7) is 4.43. The molecule has 180 valence electrons. The first-order chi connectivity index (χ1) is 16.0. The lowest BCUT2D eigenvalue weighted by atomic mass is 9.98. The highest BCUT2D eigenvalue weighted by Gasteiger charge is 2.15. The van der Waals surface area contributed by atoms with Crippen molar-refractivity contribution in [3.8, 4) is 5.75 Å². The number of Topliss-reactive ketones (excluding diaryl/α,β-unsaturated/α-hetero) is 1. The van der Waals surface area contributed by atoms with Gasteiger partial charge in [-0.25, -0.2) is 0 Å². The monoisotopic (exact) mass is 452 g/mol. The Morgan fingerprint density at radius 3 is 2.09 bits per heavy atom. The van der Waals surface area contributed by atoms with Gasteiger partial charge in [0.1, 0.15) is 11.9 Å².